The monoisotopic (exact) mass is 250 g/mol. The molecule has 0 radical (unpaired) electrons. The molecule has 0 atom stereocenters. The molecule has 0 unspecified atom stereocenters. The molecule has 0 amide bonds. The lowest BCUT2D eigenvalue weighted by atomic mass is 10.2. The number of hydrogen-bond donors (Lipinski definition) is 0. The Balaban J connectivity index is 2.78. The first-order chi connectivity index (χ1) is 4.83. The van der Waals surface area contributed by atoms with Crippen LogP contribution in [0.1, 0.15) is 5.56 Å². The molecule has 0 fully saturated rings. The van der Waals surface area contributed by atoms with Crippen molar-refractivity contribution in [3.05, 3.63) is 35.6 Å². The highest BCUT2D eigenvalue weighted by atomic mass is 127. The van der Waals surface area contributed by atoms with Crippen LogP contribution in [0, 0.1) is 5.82 Å². The Morgan fingerprint density at radius 1 is 1.30 bits per heavy atom. The normalized spacial score (nSPS) is 9.70. The summed E-state index contributed by atoms with van der Waals surface area (Å²) in [5, 5.41) is 0. The van der Waals surface area contributed by atoms with Gasteiger partial charge in [0.1, 0.15) is 5.82 Å². The summed E-state index contributed by atoms with van der Waals surface area (Å²) >= 11 is 0.0464. The second kappa shape index (κ2) is 3.81. The third kappa shape index (κ3) is 2.17. The minimum atomic E-state index is -0.161. The molecule has 0 aromatic heterocycles. The van der Waals surface area contributed by atoms with Gasteiger partial charge in [-0.25, -0.2) is 4.39 Å². The summed E-state index contributed by atoms with van der Waals surface area (Å²) in [6.45, 7) is 0. The number of alkyl halides is 1. The van der Waals surface area contributed by atoms with E-state index in [0.29, 0.717) is 0 Å². The summed E-state index contributed by atoms with van der Waals surface area (Å²) in [4.78, 5) is 0. The molecule has 0 heterocycles. The van der Waals surface area contributed by atoms with Gasteiger partial charge in [-0.1, -0.05) is 16.6 Å². The van der Waals surface area contributed by atoms with Crippen molar-refractivity contribution in [3.8, 4) is 0 Å². The minimum Gasteiger partial charge on any atom is -0.207 e. The van der Waals surface area contributed by atoms with Crippen LogP contribution in [0.4, 0.5) is 4.39 Å². The van der Waals surface area contributed by atoms with Crippen LogP contribution in [0.3, 0.4) is 0 Å². The lowest BCUT2D eigenvalue weighted by Crippen LogP contribution is -1.76. The maximum atomic E-state index is 12.3. The van der Waals surface area contributed by atoms with E-state index < -0.39 is 0 Å². The summed E-state index contributed by atoms with van der Waals surface area (Å²) in [5.74, 6) is -0.161. The first-order valence-corrected chi connectivity index (χ1v) is 5.95. The second-order valence-electron chi connectivity index (χ2n) is 1.95. The Labute approximate surface area is 69.8 Å². The SMILES string of the molecule is C=ICc1ccc(F)cc1. The van der Waals surface area contributed by atoms with E-state index in [4.69, 9.17) is 0 Å². The highest BCUT2D eigenvalue weighted by Gasteiger charge is 1.89. The maximum absolute atomic E-state index is 12.3. The first kappa shape index (κ1) is 7.85. The summed E-state index contributed by atoms with van der Waals surface area (Å²) in [6, 6.07) is 6.63. The largest absolute Gasteiger partial charge is 0.207 e. The molecule has 0 saturated heterocycles. The molecule has 10 heavy (non-hydrogen) atoms. The Morgan fingerprint density at radius 3 is 2.40 bits per heavy atom. The Bertz CT molecular complexity index is 215. The van der Waals surface area contributed by atoms with Crippen molar-refractivity contribution in [2.45, 2.75) is 4.43 Å². The topological polar surface area (TPSA) is 0 Å². The van der Waals surface area contributed by atoms with Gasteiger partial charge in [0.2, 0.25) is 0 Å². The van der Waals surface area contributed by atoms with Crippen LogP contribution in [0.25, 0.3) is 0 Å². The molecular formula is C8H8FI. The van der Waals surface area contributed by atoms with Crippen LogP contribution in [0.2, 0.25) is 0 Å². The van der Waals surface area contributed by atoms with Crippen LogP contribution in [-0.2, 0) is 4.43 Å². The summed E-state index contributed by atoms with van der Waals surface area (Å²) in [7, 11) is 0. The number of hydrogen-bond acceptors (Lipinski definition) is 0. The summed E-state index contributed by atoms with van der Waals surface area (Å²) in [6.07, 6.45) is 0. The lowest BCUT2D eigenvalue weighted by Gasteiger charge is -1.92. The van der Waals surface area contributed by atoms with Crippen molar-refractivity contribution in [2.24, 2.45) is 0 Å². The number of rotatable bonds is 2. The predicted octanol–water partition coefficient (Wildman–Crippen LogP) is 2.73. The Hall–Kier alpha value is -0.250. The van der Waals surface area contributed by atoms with Gasteiger partial charge in [0.15, 0.2) is 0 Å². The van der Waals surface area contributed by atoms with Gasteiger partial charge in [-0.3, -0.25) is 0 Å². The standard InChI is InChI=1S/C8H8FI/c1-10-6-7-2-4-8(9)5-3-7/h2-5H,1,6H2. The molecule has 1 aromatic rings. The zero-order valence-electron chi connectivity index (χ0n) is 5.48. The van der Waals surface area contributed by atoms with Gasteiger partial charge in [-0.05, 0) is 17.7 Å². The maximum Gasteiger partial charge on any atom is 0.123 e. The number of benzene rings is 1. The van der Waals surface area contributed by atoms with Crippen LogP contribution in [-0.4, -0.2) is 4.51 Å². The van der Waals surface area contributed by atoms with Crippen molar-refractivity contribution in [1.82, 2.24) is 0 Å². The molecule has 2 heteroatoms. The average Bonchev–Trinajstić information content (AvgIpc) is 1.95. The fourth-order valence-electron chi connectivity index (χ4n) is 0.683. The van der Waals surface area contributed by atoms with Gasteiger partial charge in [-0.15, -0.1) is 20.7 Å². The van der Waals surface area contributed by atoms with Crippen molar-refractivity contribution in [2.75, 3.05) is 0 Å². The first-order valence-electron chi connectivity index (χ1n) is 2.90. The summed E-state index contributed by atoms with van der Waals surface area (Å²) < 4.78 is 17.2. The Morgan fingerprint density at radius 2 is 1.90 bits per heavy atom. The van der Waals surface area contributed by atoms with Crippen molar-refractivity contribution < 1.29 is 4.39 Å². The van der Waals surface area contributed by atoms with E-state index in [0.717, 1.165) is 4.43 Å². The zero-order valence-corrected chi connectivity index (χ0v) is 7.64. The van der Waals surface area contributed by atoms with E-state index in [1.54, 1.807) is 0 Å². The van der Waals surface area contributed by atoms with E-state index in [1.807, 2.05) is 12.1 Å². The van der Waals surface area contributed by atoms with Crippen molar-refractivity contribution in [3.63, 3.8) is 0 Å². The van der Waals surface area contributed by atoms with Crippen LogP contribution in [0.15, 0.2) is 24.3 Å². The average molecular weight is 250 g/mol. The van der Waals surface area contributed by atoms with E-state index in [9.17, 15) is 4.39 Å². The van der Waals surface area contributed by atoms with Gasteiger partial charge in [0.05, 0.1) is 0 Å². The van der Waals surface area contributed by atoms with Gasteiger partial charge in [0, 0.05) is 4.43 Å². The van der Waals surface area contributed by atoms with Crippen LogP contribution < -0.4 is 0 Å². The molecule has 0 aliphatic carbocycles. The molecule has 0 nitrogen and oxygen atoms in total. The van der Waals surface area contributed by atoms with Crippen molar-refractivity contribution in [1.29, 1.82) is 0 Å². The van der Waals surface area contributed by atoms with E-state index >= 15 is 0 Å². The molecule has 0 bridgehead atoms. The fraction of sp³-hybridized carbons (Fsp3) is 0.125. The predicted molar refractivity (Wildman–Crippen MR) is 51.2 cm³/mol. The smallest absolute Gasteiger partial charge is 0.123 e. The molecule has 0 aliphatic rings. The number of halogens is 2. The van der Waals surface area contributed by atoms with Gasteiger partial charge in [-0.2, -0.15) is 0 Å². The van der Waals surface area contributed by atoms with Crippen LogP contribution >= 0.6 is 20.7 Å². The third-order valence-electron chi connectivity index (χ3n) is 1.16. The second-order valence-corrected chi connectivity index (χ2v) is 3.79. The van der Waals surface area contributed by atoms with Gasteiger partial charge >= 0.3 is 0 Å². The molecule has 54 valence electrons. The fourth-order valence-corrected chi connectivity index (χ4v) is 1.81. The molecule has 0 saturated carbocycles. The highest BCUT2D eigenvalue weighted by molar-refractivity contribution is 14.2. The zero-order chi connectivity index (χ0) is 7.40. The molecular weight excluding hydrogens is 242 g/mol. The van der Waals surface area contributed by atoms with E-state index in [2.05, 4.69) is 4.51 Å². The molecule has 0 aliphatic heterocycles. The third-order valence-corrected chi connectivity index (χ3v) is 2.58. The molecule has 0 N–H and O–H groups in total. The van der Waals surface area contributed by atoms with Crippen LogP contribution in [0.5, 0.6) is 0 Å². The quantitative estimate of drug-likeness (QED) is 0.559. The van der Waals surface area contributed by atoms with E-state index in [1.165, 1.54) is 17.7 Å². The van der Waals surface area contributed by atoms with Crippen molar-refractivity contribution >= 4 is 25.2 Å². The highest BCUT2D eigenvalue weighted by Crippen LogP contribution is 2.09. The van der Waals surface area contributed by atoms with Gasteiger partial charge < -0.3 is 0 Å². The molecule has 1 rings (SSSR count). The molecule has 1 aromatic carbocycles. The lowest BCUT2D eigenvalue weighted by molar-refractivity contribution is 0.627. The Kier molecular flexibility index (Phi) is 2.99. The van der Waals surface area contributed by atoms with E-state index in [-0.39, 0.29) is 26.5 Å². The summed E-state index contributed by atoms with van der Waals surface area (Å²) in [5.41, 5.74) is 1.20. The molecule has 0 spiro atoms. The van der Waals surface area contributed by atoms with Gasteiger partial charge in [0.25, 0.3) is 0 Å². The minimum absolute atomic E-state index is 0.0464.